The highest BCUT2D eigenvalue weighted by atomic mass is 35.5. The van der Waals surface area contributed by atoms with E-state index in [0.29, 0.717) is 55.8 Å². The lowest BCUT2D eigenvalue weighted by Crippen LogP contribution is -2.44. The Morgan fingerprint density at radius 3 is 2.88 bits per heavy atom. The second-order valence-electron chi connectivity index (χ2n) is 6.45. The van der Waals surface area contributed by atoms with Gasteiger partial charge >= 0.3 is 5.97 Å². The van der Waals surface area contributed by atoms with Crippen molar-refractivity contribution in [3.05, 3.63) is 22.7 Å². The lowest BCUT2D eigenvalue weighted by Gasteiger charge is -2.34. The van der Waals surface area contributed by atoms with Gasteiger partial charge in [-0.1, -0.05) is 11.6 Å². The van der Waals surface area contributed by atoms with E-state index in [1.807, 2.05) is 6.07 Å². The van der Waals surface area contributed by atoms with Crippen molar-refractivity contribution in [2.45, 2.75) is 13.0 Å². The second-order valence-corrected chi connectivity index (χ2v) is 6.89. The lowest BCUT2D eigenvalue weighted by atomic mass is 9.74. The van der Waals surface area contributed by atoms with Gasteiger partial charge in [0.1, 0.15) is 0 Å². The Balaban J connectivity index is 1.85. The van der Waals surface area contributed by atoms with E-state index < -0.39 is 11.4 Å². The SMILES string of the molecule is COc1cc(Cl)cc(CN2C[C@@H]3COCC[C@]3(C(=O)O)C2)c1OC. The number of carboxylic acids is 1. The molecule has 0 unspecified atom stereocenters. The predicted molar refractivity (Wildman–Crippen MR) is 88.8 cm³/mol. The van der Waals surface area contributed by atoms with Gasteiger partial charge in [-0.2, -0.15) is 0 Å². The number of carboxylic acid groups (broad SMARTS) is 1. The summed E-state index contributed by atoms with van der Waals surface area (Å²) >= 11 is 6.17. The first kappa shape index (κ1) is 17.3. The Morgan fingerprint density at radius 2 is 2.25 bits per heavy atom. The van der Waals surface area contributed by atoms with E-state index in [1.165, 1.54) is 0 Å². The molecule has 132 valence electrons. The normalized spacial score (nSPS) is 26.9. The van der Waals surface area contributed by atoms with Crippen molar-refractivity contribution in [1.82, 2.24) is 4.90 Å². The molecule has 0 radical (unpaired) electrons. The van der Waals surface area contributed by atoms with Crippen LogP contribution in [0.3, 0.4) is 0 Å². The van der Waals surface area contributed by atoms with E-state index in [4.69, 9.17) is 25.8 Å². The van der Waals surface area contributed by atoms with E-state index in [9.17, 15) is 9.90 Å². The van der Waals surface area contributed by atoms with Crippen molar-refractivity contribution >= 4 is 17.6 Å². The van der Waals surface area contributed by atoms with Gasteiger partial charge in [0.25, 0.3) is 0 Å². The summed E-state index contributed by atoms with van der Waals surface area (Å²) in [6, 6.07) is 3.55. The van der Waals surface area contributed by atoms with Crippen LogP contribution in [0, 0.1) is 11.3 Å². The van der Waals surface area contributed by atoms with Gasteiger partial charge in [0.05, 0.1) is 26.2 Å². The van der Waals surface area contributed by atoms with E-state index >= 15 is 0 Å². The molecule has 2 aliphatic rings. The first-order valence-corrected chi connectivity index (χ1v) is 8.32. The standard InChI is InChI=1S/C17H22ClNO5/c1-22-14-6-13(18)5-11(15(14)23-2)7-19-8-12-9-24-4-3-17(12,10-19)16(20)21/h5-6,12H,3-4,7-10H2,1-2H3,(H,20,21)/t12-,17+/m1/s1. The highest BCUT2D eigenvalue weighted by Crippen LogP contribution is 2.44. The number of carbonyl (C=O) groups is 1. The van der Waals surface area contributed by atoms with E-state index in [-0.39, 0.29) is 5.92 Å². The Morgan fingerprint density at radius 1 is 1.46 bits per heavy atom. The Kier molecular flexibility index (Phi) is 4.90. The number of fused-ring (bicyclic) bond motifs is 1. The number of hydrogen-bond acceptors (Lipinski definition) is 5. The van der Waals surface area contributed by atoms with Gasteiger partial charge in [0.15, 0.2) is 11.5 Å². The molecule has 6 nitrogen and oxygen atoms in total. The minimum atomic E-state index is -0.728. The summed E-state index contributed by atoms with van der Waals surface area (Å²) in [5.74, 6) is 0.495. The largest absolute Gasteiger partial charge is 0.493 e. The average Bonchev–Trinajstić information content (AvgIpc) is 2.93. The summed E-state index contributed by atoms with van der Waals surface area (Å²) in [6.45, 7) is 2.76. The highest BCUT2D eigenvalue weighted by Gasteiger charge is 2.53. The van der Waals surface area contributed by atoms with Crippen LogP contribution in [0.4, 0.5) is 0 Å². The first-order chi connectivity index (χ1) is 11.5. The maximum absolute atomic E-state index is 11.9. The molecular weight excluding hydrogens is 334 g/mol. The quantitative estimate of drug-likeness (QED) is 0.874. The van der Waals surface area contributed by atoms with Crippen LogP contribution in [0.1, 0.15) is 12.0 Å². The topological polar surface area (TPSA) is 68.2 Å². The number of nitrogens with zero attached hydrogens (tertiary/aromatic N) is 1. The zero-order valence-electron chi connectivity index (χ0n) is 13.9. The molecule has 0 aliphatic carbocycles. The molecule has 0 bridgehead atoms. The molecule has 2 aliphatic heterocycles. The molecule has 0 spiro atoms. The number of methoxy groups -OCH3 is 2. The van der Waals surface area contributed by atoms with Gasteiger partial charge in [0.2, 0.25) is 0 Å². The van der Waals surface area contributed by atoms with Crippen LogP contribution >= 0.6 is 11.6 Å². The molecule has 1 N–H and O–H groups in total. The molecule has 2 heterocycles. The third-order valence-corrected chi connectivity index (χ3v) is 5.34. The van der Waals surface area contributed by atoms with Crippen LogP contribution in [0.5, 0.6) is 11.5 Å². The fraction of sp³-hybridized carbons (Fsp3) is 0.588. The molecular formula is C17H22ClNO5. The Labute approximate surface area is 146 Å². The van der Waals surface area contributed by atoms with Crippen molar-refractivity contribution in [2.24, 2.45) is 11.3 Å². The minimum absolute atomic E-state index is 0.0100. The van der Waals surface area contributed by atoms with Gasteiger partial charge in [-0.05, 0) is 12.5 Å². The molecule has 7 heteroatoms. The van der Waals surface area contributed by atoms with Crippen LogP contribution in [0.2, 0.25) is 5.02 Å². The Hall–Kier alpha value is -1.50. The van der Waals surface area contributed by atoms with Gasteiger partial charge < -0.3 is 19.3 Å². The number of likely N-dealkylation sites (tertiary alicyclic amines) is 1. The first-order valence-electron chi connectivity index (χ1n) is 7.94. The minimum Gasteiger partial charge on any atom is -0.493 e. The van der Waals surface area contributed by atoms with Crippen LogP contribution in [-0.2, 0) is 16.1 Å². The highest BCUT2D eigenvalue weighted by molar-refractivity contribution is 6.30. The monoisotopic (exact) mass is 355 g/mol. The smallest absolute Gasteiger partial charge is 0.311 e. The molecule has 1 aromatic carbocycles. The number of aliphatic carboxylic acids is 1. The summed E-state index contributed by atoms with van der Waals surface area (Å²) in [4.78, 5) is 14.0. The molecule has 2 atom stereocenters. The molecule has 2 fully saturated rings. The fourth-order valence-corrected chi connectivity index (χ4v) is 4.12. The molecule has 0 aromatic heterocycles. The van der Waals surface area contributed by atoms with Crippen molar-refractivity contribution in [1.29, 1.82) is 0 Å². The predicted octanol–water partition coefficient (Wildman–Crippen LogP) is 2.28. The zero-order valence-corrected chi connectivity index (χ0v) is 14.6. The van der Waals surface area contributed by atoms with Crippen molar-refractivity contribution in [2.75, 3.05) is 40.5 Å². The molecule has 0 amide bonds. The van der Waals surface area contributed by atoms with Crippen LogP contribution < -0.4 is 9.47 Å². The average molecular weight is 356 g/mol. The van der Waals surface area contributed by atoms with Crippen molar-refractivity contribution in [3.63, 3.8) is 0 Å². The van der Waals surface area contributed by atoms with E-state index in [0.717, 1.165) is 5.56 Å². The number of benzene rings is 1. The lowest BCUT2D eigenvalue weighted by molar-refractivity contribution is -0.157. The molecule has 0 saturated carbocycles. The van der Waals surface area contributed by atoms with Crippen LogP contribution in [-0.4, -0.2) is 56.5 Å². The summed E-state index contributed by atoms with van der Waals surface area (Å²) < 4.78 is 16.3. The van der Waals surface area contributed by atoms with Gasteiger partial charge in [-0.3, -0.25) is 9.69 Å². The summed E-state index contributed by atoms with van der Waals surface area (Å²) in [6.07, 6.45) is 0.555. The van der Waals surface area contributed by atoms with Crippen LogP contribution in [0.25, 0.3) is 0 Å². The number of rotatable bonds is 5. The third-order valence-electron chi connectivity index (χ3n) is 5.12. The zero-order chi connectivity index (χ0) is 17.3. The maximum atomic E-state index is 11.9. The second kappa shape index (κ2) is 6.78. The van der Waals surface area contributed by atoms with Gasteiger partial charge in [-0.25, -0.2) is 0 Å². The van der Waals surface area contributed by atoms with Crippen molar-refractivity contribution in [3.8, 4) is 11.5 Å². The summed E-state index contributed by atoms with van der Waals surface area (Å²) in [5.41, 5.74) is 0.177. The molecule has 24 heavy (non-hydrogen) atoms. The molecule has 2 saturated heterocycles. The van der Waals surface area contributed by atoms with Gasteiger partial charge in [0, 0.05) is 48.8 Å². The van der Waals surface area contributed by atoms with E-state index in [1.54, 1.807) is 20.3 Å². The molecule has 1 aromatic rings. The number of hydrogen-bond donors (Lipinski definition) is 1. The third kappa shape index (κ3) is 2.94. The van der Waals surface area contributed by atoms with E-state index in [2.05, 4.69) is 4.90 Å². The maximum Gasteiger partial charge on any atom is 0.311 e. The number of halogens is 1. The Bertz CT molecular complexity index is 638. The van der Waals surface area contributed by atoms with Crippen molar-refractivity contribution < 1.29 is 24.1 Å². The summed E-state index contributed by atoms with van der Waals surface area (Å²) in [7, 11) is 3.16. The van der Waals surface area contributed by atoms with Gasteiger partial charge in [-0.15, -0.1) is 0 Å². The fourth-order valence-electron chi connectivity index (χ4n) is 3.89. The number of ether oxygens (including phenoxy) is 3. The molecule has 3 rings (SSSR count). The summed E-state index contributed by atoms with van der Waals surface area (Å²) in [5, 5.41) is 10.3. The van der Waals surface area contributed by atoms with Crippen LogP contribution in [0.15, 0.2) is 12.1 Å².